The monoisotopic (exact) mass is 361 g/mol. The largest absolute Gasteiger partial charge is 0.483 e. The number of hydrogen-bond acceptors (Lipinski definition) is 4. The molecule has 26 heavy (non-hydrogen) atoms. The van der Waals surface area contributed by atoms with E-state index >= 15 is 0 Å². The van der Waals surface area contributed by atoms with Gasteiger partial charge in [-0.1, -0.05) is 30.3 Å². The fourth-order valence-electron chi connectivity index (χ4n) is 3.49. The Kier molecular flexibility index (Phi) is 4.78. The van der Waals surface area contributed by atoms with Crippen LogP contribution < -0.4 is 9.64 Å². The molecule has 138 valence electrons. The van der Waals surface area contributed by atoms with Crippen molar-refractivity contribution in [1.29, 1.82) is 0 Å². The summed E-state index contributed by atoms with van der Waals surface area (Å²) in [5, 5.41) is 0. The van der Waals surface area contributed by atoms with Crippen molar-refractivity contribution in [1.82, 2.24) is 0 Å². The van der Waals surface area contributed by atoms with E-state index in [9.17, 15) is 8.78 Å². The predicted octanol–water partition coefficient (Wildman–Crippen LogP) is 3.89. The lowest BCUT2D eigenvalue weighted by atomic mass is 10.0. The Bertz CT molecular complexity index is 730. The first-order valence-electron chi connectivity index (χ1n) is 8.84. The molecule has 2 aromatic rings. The molecule has 2 aliphatic heterocycles. The van der Waals surface area contributed by atoms with Gasteiger partial charge in [-0.25, -0.2) is 8.78 Å². The van der Waals surface area contributed by atoms with Crippen molar-refractivity contribution >= 4 is 5.69 Å². The second-order valence-corrected chi connectivity index (χ2v) is 6.61. The summed E-state index contributed by atoms with van der Waals surface area (Å²) < 4.78 is 45.6. The van der Waals surface area contributed by atoms with Crippen LogP contribution in [0.1, 0.15) is 18.4 Å². The highest BCUT2D eigenvalue weighted by atomic mass is 19.1. The number of anilines is 1. The van der Waals surface area contributed by atoms with Crippen molar-refractivity contribution in [2.24, 2.45) is 0 Å². The molecule has 2 fully saturated rings. The number of halogens is 2. The molecule has 0 atom stereocenters. The predicted molar refractivity (Wildman–Crippen MR) is 93.2 cm³/mol. The molecule has 0 N–H and O–H groups in total. The third-order valence-corrected chi connectivity index (χ3v) is 4.91. The Morgan fingerprint density at radius 1 is 0.962 bits per heavy atom. The van der Waals surface area contributed by atoms with Crippen LogP contribution in [-0.2, 0) is 16.1 Å². The zero-order valence-corrected chi connectivity index (χ0v) is 14.4. The minimum atomic E-state index is -0.690. The van der Waals surface area contributed by atoms with E-state index in [-0.39, 0.29) is 12.4 Å². The number of hydrogen-bond donors (Lipinski definition) is 0. The molecule has 4 nitrogen and oxygen atoms in total. The highest BCUT2D eigenvalue weighted by molar-refractivity contribution is 5.51. The number of benzene rings is 2. The molecule has 2 saturated heterocycles. The van der Waals surface area contributed by atoms with Gasteiger partial charge in [0.15, 0.2) is 23.2 Å². The van der Waals surface area contributed by atoms with Gasteiger partial charge in [0, 0.05) is 43.8 Å². The summed E-state index contributed by atoms with van der Waals surface area (Å²) in [4.78, 5) is 1.95. The van der Waals surface area contributed by atoms with E-state index < -0.39 is 17.4 Å². The van der Waals surface area contributed by atoms with Crippen LogP contribution in [0.15, 0.2) is 42.5 Å². The lowest BCUT2D eigenvalue weighted by Crippen LogP contribution is -2.45. The molecule has 0 aromatic heterocycles. The van der Waals surface area contributed by atoms with Gasteiger partial charge in [-0.3, -0.25) is 0 Å². The molecule has 6 heteroatoms. The minimum Gasteiger partial charge on any atom is -0.483 e. The van der Waals surface area contributed by atoms with E-state index in [1.807, 2.05) is 35.2 Å². The lowest BCUT2D eigenvalue weighted by molar-refractivity contribution is -0.169. The summed E-state index contributed by atoms with van der Waals surface area (Å²) in [5.41, 5.74) is 1.37. The first kappa shape index (κ1) is 17.2. The molecular weight excluding hydrogens is 340 g/mol. The van der Waals surface area contributed by atoms with Gasteiger partial charge >= 0.3 is 0 Å². The average molecular weight is 361 g/mol. The SMILES string of the molecule is Fc1cc(N2CCC3(CC2)OCCO3)cc(F)c1OCc1ccccc1. The third kappa shape index (κ3) is 3.52. The summed E-state index contributed by atoms with van der Waals surface area (Å²) in [6.07, 6.45) is 1.37. The quantitative estimate of drug-likeness (QED) is 0.827. The van der Waals surface area contributed by atoms with Crippen molar-refractivity contribution in [2.75, 3.05) is 31.2 Å². The maximum atomic E-state index is 14.4. The van der Waals surface area contributed by atoms with Crippen molar-refractivity contribution in [3.8, 4) is 5.75 Å². The van der Waals surface area contributed by atoms with Gasteiger partial charge in [0.2, 0.25) is 0 Å². The summed E-state index contributed by atoms with van der Waals surface area (Å²) in [6.45, 7) is 2.59. The first-order chi connectivity index (χ1) is 12.7. The van der Waals surface area contributed by atoms with Gasteiger partial charge in [0.05, 0.1) is 13.2 Å². The van der Waals surface area contributed by atoms with Gasteiger partial charge in [0.25, 0.3) is 0 Å². The van der Waals surface area contributed by atoms with Crippen LogP contribution in [0, 0.1) is 11.6 Å². The van der Waals surface area contributed by atoms with Crippen LogP contribution in [-0.4, -0.2) is 32.1 Å². The van der Waals surface area contributed by atoms with E-state index in [1.165, 1.54) is 12.1 Å². The van der Waals surface area contributed by atoms with Crippen LogP contribution in [0.3, 0.4) is 0 Å². The number of rotatable bonds is 4. The zero-order valence-electron chi connectivity index (χ0n) is 14.4. The fourth-order valence-corrected chi connectivity index (χ4v) is 3.49. The maximum Gasteiger partial charge on any atom is 0.191 e. The zero-order chi connectivity index (χ0) is 18.0. The molecule has 0 saturated carbocycles. The van der Waals surface area contributed by atoms with E-state index in [1.54, 1.807) is 0 Å². The van der Waals surface area contributed by atoms with Crippen LogP contribution in [0.5, 0.6) is 5.75 Å². The smallest absolute Gasteiger partial charge is 0.191 e. The van der Waals surface area contributed by atoms with E-state index in [4.69, 9.17) is 14.2 Å². The van der Waals surface area contributed by atoms with Crippen LogP contribution in [0.2, 0.25) is 0 Å². The molecule has 1 spiro atoms. The third-order valence-electron chi connectivity index (χ3n) is 4.91. The second-order valence-electron chi connectivity index (χ2n) is 6.61. The number of ether oxygens (including phenoxy) is 3. The Morgan fingerprint density at radius 2 is 1.58 bits per heavy atom. The standard InChI is InChI=1S/C20H21F2NO3/c21-17-12-16(23-8-6-20(7-9-23)25-10-11-26-20)13-18(22)19(17)24-14-15-4-2-1-3-5-15/h1-5,12-13H,6-11,14H2. The Morgan fingerprint density at radius 3 is 2.19 bits per heavy atom. The van der Waals surface area contributed by atoms with E-state index in [2.05, 4.69) is 0 Å². The highest BCUT2D eigenvalue weighted by Gasteiger charge is 2.40. The average Bonchev–Trinajstić information content (AvgIpc) is 3.10. The van der Waals surface area contributed by atoms with Crippen molar-refractivity contribution in [2.45, 2.75) is 25.2 Å². The minimum absolute atomic E-state index is 0.120. The van der Waals surface area contributed by atoms with Crippen molar-refractivity contribution in [3.63, 3.8) is 0 Å². The molecule has 0 radical (unpaired) electrons. The molecule has 0 amide bonds. The van der Waals surface area contributed by atoms with Crippen molar-refractivity contribution < 1.29 is 23.0 Å². The Hall–Kier alpha value is -2.18. The summed E-state index contributed by atoms with van der Waals surface area (Å²) in [5.74, 6) is -2.23. The first-order valence-corrected chi connectivity index (χ1v) is 8.84. The fraction of sp³-hybridized carbons (Fsp3) is 0.400. The van der Waals surface area contributed by atoms with Gasteiger partial charge in [-0.2, -0.15) is 0 Å². The second kappa shape index (κ2) is 7.21. The van der Waals surface area contributed by atoms with Gasteiger partial charge in [-0.15, -0.1) is 0 Å². The van der Waals surface area contributed by atoms with Gasteiger partial charge < -0.3 is 19.1 Å². The molecular formula is C20H21F2NO3. The summed E-state index contributed by atoms with van der Waals surface area (Å²) >= 11 is 0. The Labute approximate surface area is 151 Å². The molecule has 0 aliphatic carbocycles. The highest BCUT2D eigenvalue weighted by Crippen LogP contribution is 2.35. The Balaban J connectivity index is 1.44. The van der Waals surface area contributed by atoms with Gasteiger partial charge in [0.1, 0.15) is 6.61 Å². The summed E-state index contributed by atoms with van der Waals surface area (Å²) in [7, 11) is 0. The topological polar surface area (TPSA) is 30.9 Å². The normalized spacial score (nSPS) is 19.1. The van der Waals surface area contributed by atoms with Crippen LogP contribution in [0.4, 0.5) is 14.5 Å². The van der Waals surface area contributed by atoms with E-state index in [0.29, 0.717) is 44.8 Å². The molecule has 2 heterocycles. The maximum absolute atomic E-state index is 14.4. The lowest BCUT2D eigenvalue weighted by Gasteiger charge is -2.38. The molecule has 2 aromatic carbocycles. The van der Waals surface area contributed by atoms with E-state index in [0.717, 1.165) is 5.56 Å². The number of piperidine rings is 1. The van der Waals surface area contributed by atoms with Crippen LogP contribution in [0.25, 0.3) is 0 Å². The molecule has 2 aliphatic rings. The van der Waals surface area contributed by atoms with Gasteiger partial charge in [-0.05, 0) is 5.56 Å². The summed E-state index contributed by atoms with van der Waals surface area (Å²) in [6, 6.07) is 12.0. The van der Waals surface area contributed by atoms with Crippen molar-refractivity contribution in [3.05, 3.63) is 59.7 Å². The molecule has 0 bridgehead atoms. The molecule has 4 rings (SSSR count). The van der Waals surface area contributed by atoms with Crippen LogP contribution >= 0.6 is 0 Å². The molecule has 0 unspecified atom stereocenters. The number of nitrogens with zero attached hydrogens (tertiary/aromatic N) is 1.